The lowest BCUT2D eigenvalue weighted by Crippen LogP contribution is -2.41. The maximum Gasteiger partial charge on any atom is 0.328 e. The average molecular weight is 365 g/mol. The van der Waals surface area contributed by atoms with Gasteiger partial charge in [-0.05, 0) is 32.9 Å². The molecule has 7 heteroatoms. The molecule has 7 nitrogen and oxygen atoms in total. The van der Waals surface area contributed by atoms with Crippen LogP contribution in [0.5, 0.6) is 0 Å². The molecule has 1 heterocycles. The molecule has 1 aliphatic rings. The summed E-state index contributed by atoms with van der Waals surface area (Å²) in [7, 11) is 1.28. The van der Waals surface area contributed by atoms with E-state index >= 15 is 0 Å². The first kappa shape index (κ1) is 21.6. The molecule has 2 atom stereocenters. The van der Waals surface area contributed by atoms with Gasteiger partial charge in [0, 0.05) is 25.5 Å². The highest BCUT2D eigenvalue weighted by molar-refractivity contribution is 5.97. The highest BCUT2D eigenvalue weighted by Gasteiger charge is 2.39. The quantitative estimate of drug-likeness (QED) is 0.803. The molecule has 2 unspecified atom stereocenters. The van der Waals surface area contributed by atoms with Crippen LogP contribution in [-0.2, 0) is 19.1 Å². The van der Waals surface area contributed by atoms with Gasteiger partial charge in [0.1, 0.15) is 11.6 Å². The van der Waals surface area contributed by atoms with Crippen molar-refractivity contribution < 1.29 is 29.0 Å². The van der Waals surface area contributed by atoms with Gasteiger partial charge >= 0.3 is 11.9 Å². The van der Waals surface area contributed by atoms with Crippen molar-refractivity contribution in [2.24, 2.45) is 0 Å². The van der Waals surface area contributed by atoms with Gasteiger partial charge in [0.15, 0.2) is 0 Å². The molecule has 2 rings (SSSR count). The molecule has 144 valence electrons. The fraction of sp³-hybridized carbons (Fsp3) is 0.526. The SMILES string of the molecule is CC(=O)OC(C)(C)C.COC(=O)C1CC(O)CN1C(=O)c1ccccc1. The van der Waals surface area contributed by atoms with Gasteiger partial charge in [0.05, 0.1) is 13.2 Å². The predicted molar refractivity (Wildman–Crippen MR) is 95.4 cm³/mol. The van der Waals surface area contributed by atoms with Crippen molar-refractivity contribution in [3.63, 3.8) is 0 Å². The molecule has 0 spiro atoms. The standard InChI is InChI=1S/C13H15NO4.C6H12O2/c1-18-13(17)11-7-10(15)8-14(11)12(16)9-5-3-2-4-6-9;1-5(7)8-6(2,3)4/h2-6,10-11,15H,7-8H2,1H3;1-4H3. The van der Waals surface area contributed by atoms with Crippen molar-refractivity contribution in [1.29, 1.82) is 0 Å². The molecule has 0 saturated carbocycles. The summed E-state index contributed by atoms with van der Waals surface area (Å²) >= 11 is 0. The van der Waals surface area contributed by atoms with Crippen LogP contribution < -0.4 is 0 Å². The van der Waals surface area contributed by atoms with Crippen LogP contribution in [0, 0.1) is 0 Å². The summed E-state index contributed by atoms with van der Waals surface area (Å²) in [5.74, 6) is -0.976. The number of likely N-dealkylation sites (tertiary alicyclic amines) is 1. The average Bonchev–Trinajstić information content (AvgIpc) is 2.94. The van der Waals surface area contributed by atoms with Crippen molar-refractivity contribution in [2.75, 3.05) is 13.7 Å². The van der Waals surface area contributed by atoms with Crippen LogP contribution >= 0.6 is 0 Å². The van der Waals surface area contributed by atoms with Gasteiger partial charge in [-0.1, -0.05) is 18.2 Å². The summed E-state index contributed by atoms with van der Waals surface area (Å²) < 4.78 is 9.45. The Kier molecular flexibility index (Phi) is 7.76. The third-order valence-electron chi connectivity index (χ3n) is 3.48. The molecule has 1 fully saturated rings. The fourth-order valence-electron chi connectivity index (χ4n) is 2.58. The number of hydrogen-bond donors (Lipinski definition) is 1. The third kappa shape index (κ3) is 6.84. The first-order valence-electron chi connectivity index (χ1n) is 8.36. The van der Waals surface area contributed by atoms with Crippen LogP contribution in [0.1, 0.15) is 44.5 Å². The second-order valence-corrected chi connectivity index (χ2v) is 6.96. The summed E-state index contributed by atoms with van der Waals surface area (Å²) in [6, 6.07) is 7.99. The number of aliphatic hydroxyl groups is 1. The van der Waals surface area contributed by atoms with Crippen molar-refractivity contribution in [3.8, 4) is 0 Å². The third-order valence-corrected chi connectivity index (χ3v) is 3.48. The lowest BCUT2D eigenvalue weighted by Gasteiger charge is -2.22. The van der Waals surface area contributed by atoms with E-state index in [-0.39, 0.29) is 30.4 Å². The van der Waals surface area contributed by atoms with Gasteiger partial charge in [-0.25, -0.2) is 4.79 Å². The number of esters is 2. The van der Waals surface area contributed by atoms with Crippen molar-refractivity contribution in [1.82, 2.24) is 4.90 Å². The van der Waals surface area contributed by atoms with E-state index in [1.54, 1.807) is 24.3 Å². The maximum absolute atomic E-state index is 12.2. The highest BCUT2D eigenvalue weighted by Crippen LogP contribution is 2.21. The molecule has 1 N–H and O–H groups in total. The van der Waals surface area contributed by atoms with Crippen LogP contribution in [0.25, 0.3) is 0 Å². The van der Waals surface area contributed by atoms with E-state index in [9.17, 15) is 19.5 Å². The minimum Gasteiger partial charge on any atom is -0.467 e. The molecule has 26 heavy (non-hydrogen) atoms. The first-order chi connectivity index (χ1) is 12.0. The van der Waals surface area contributed by atoms with Crippen molar-refractivity contribution in [2.45, 2.75) is 51.9 Å². The topological polar surface area (TPSA) is 93.1 Å². The molecule has 1 aromatic rings. The molecule has 0 radical (unpaired) electrons. The number of nitrogens with zero attached hydrogens (tertiary/aromatic N) is 1. The number of amides is 1. The minimum absolute atomic E-state index is 0.160. The van der Waals surface area contributed by atoms with E-state index in [0.29, 0.717) is 5.56 Å². The number of carbonyl (C=O) groups excluding carboxylic acids is 3. The smallest absolute Gasteiger partial charge is 0.328 e. The van der Waals surface area contributed by atoms with Gasteiger partial charge < -0.3 is 19.5 Å². The van der Waals surface area contributed by atoms with Gasteiger partial charge in [0.25, 0.3) is 5.91 Å². The normalized spacial score (nSPS) is 19.2. The summed E-state index contributed by atoms with van der Waals surface area (Å²) in [5, 5.41) is 9.61. The van der Waals surface area contributed by atoms with Gasteiger partial charge in [0.2, 0.25) is 0 Å². The Morgan fingerprint density at radius 1 is 1.15 bits per heavy atom. The Hall–Kier alpha value is -2.41. The monoisotopic (exact) mass is 365 g/mol. The Labute approximate surface area is 153 Å². The number of aliphatic hydroxyl groups excluding tert-OH is 1. The zero-order chi connectivity index (χ0) is 19.9. The number of hydrogen-bond acceptors (Lipinski definition) is 6. The number of β-amino-alcohol motifs (C(OH)–C–C–N with tert-alkyl or cyclic N) is 1. The van der Waals surface area contributed by atoms with Gasteiger partial charge in [-0.3, -0.25) is 9.59 Å². The van der Waals surface area contributed by atoms with Crippen molar-refractivity contribution >= 4 is 17.8 Å². The van der Waals surface area contributed by atoms with Crippen LogP contribution in [0.4, 0.5) is 0 Å². The summed E-state index contributed by atoms with van der Waals surface area (Å²) in [4.78, 5) is 35.4. The van der Waals surface area contributed by atoms with E-state index < -0.39 is 18.1 Å². The second kappa shape index (κ2) is 9.33. The summed E-state index contributed by atoms with van der Waals surface area (Å²) in [6.45, 7) is 7.09. The molecule has 0 aliphatic carbocycles. The van der Waals surface area contributed by atoms with Crippen LogP contribution in [0.2, 0.25) is 0 Å². The van der Waals surface area contributed by atoms with E-state index in [1.807, 2.05) is 26.8 Å². The highest BCUT2D eigenvalue weighted by atomic mass is 16.6. The Balaban J connectivity index is 0.000000359. The lowest BCUT2D eigenvalue weighted by molar-refractivity contribution is -0.152. The lowest BCUT2D eigenvalue weighted by atomic mass is 10.1. The van der Waals surface area contributed by atoms with Crippen molar-refractivity contribution in [3.05, 3.63) is 35.9 Å². The van der Waals surface area contributed by atoms with E-state index in [0.717, 1.165) is 0 Å². The van der Waals surface area contributed by atoms with E-state index in [4.69, 9.17) is 4.74 Å². The van der Waals surface area contributed by atoms with E-state index in [2.05, 4.69) is 4.74 Å². The van der Waals surface area contributed by atoms with Crippen LogP contribution in [0.3, 0.4) is 0 Å². The summed E-state index contributed by atoms with van der Waals surface area (Å²) in [5.41, 5.74) is 0.173. The Morgan fingerprint density at radius 3 is 2.15 bits per heavy atom. The number of methoxy groups -OCH3 is 1. The Morgan fingerprint density at radius 2 is 1.73 bits per heavy atom. The zero-order valence-corrected chi connectivity index (χ0v) is 15.9. The predicted octanol–water partition coefficient (Wildman–Crippen LogP) is 1.78. The van der Waals surface area contributed by atoms with Gasteiger partial charge in [-0.15, -0.1) is 0 Å². The molecule has 1 saturated heterocycles. The maximum atomic E-state index is 12.2. The molecular formula is C19H27NO6. The molecule has 1 aromatic carbocycles. The largest absolute Gasteiger partial charge is 0.467 e. The number of benzene rings is 1. The minimum atomic E-state index is -0.697. The molecule has 1 aliphatic heterocycles. The van der Waals surface area contributed by atoms with Crippen LogP contribution in [0.15, 0.2) is 30.3 Å². The van der Waals surface area contributed by atoms with E-state index in [1.165, 1.54) is 18.9 Å². The Bertz CT molecular complexity index is 623. The van der Waals surface area contributed by atoms with Gasteiger partial charge in [-0.2, -0.15) is 0 Å². The van der Waals surface area contributed by atoms with Crippen LogP contribution in [-0.4, -0.2) is 59.3 Å². The molecule has 0 bridgehead atoms. The zero-order valence-electron chi connectivity index (χ0n) is 15.9. The number of ether oxygens (including phenoxy) is 2. The molecule has 1 amide bonds. The summed E-state index contributed by atoms with van der Waals surface area (Å²) in [6.07, 6.45) is -0.451. The molecule has 0 aromatic heterocycles. The first-order valence-corrected chi connectivity index (χ1v) is 8.36. The number of rotatable bonds is 2. The second-order valence-electron chi connectivity index (χ2n) is 6.96. The number of carbonyl (C=O) groups is 3. The molecular weight excluding hydrogens is 338 g/mol. The fourth-order valence-corrected chi connectivity index (χ4v) is 2.58.